The second kappa shape index (κ2) is 8.48. The van der Waals surface area contributed by atoms with Crippen molar-refractivity contribution in [1.82, 2.24) is 9.80 Å². The monoisotopic (exact) mass is 243 g/mol. The molecule has 0 spiro atoms. The molecule has 0 saturated carbocycles. The molecule has 0 rings (SSSR count). The number of likely N-dealkylation sites (N-methyl/N-ethyl adjacent to an activating group) is 1. The number of carbonyl (C=O) groups excluding carboxylic acids is 1. The molecular formula is C13H29N3O. The number of rotatable bonds is 8. The number of hydrogen-bond acceptors (Lipinski definition) is 3. The molecule has 1 amide bonds. The van der Waals surface area contributed by atoms with Gasteiger partial charge in [0.2, 0.25) is 5.91 Å². The molecule has 1 unspecified atom stereocenters. The zero-order valence-electron chi connectivity index (χ0n) is 12.1. The average molecular weight is 243 g/mol. The lowest BCUT2D eigenvalue weighted by atomic mass is 10.1. The largest absolute Gasteiger partial charge is 0.342 e. The van der Waals surface area contributed by atoms with E-state index in [0.29, 0.717) is 12.6 Å². The highest BCUT2D eigenvalue weighted by atomic mass is 16.2. The molecule has 0 aromatic heterocycles. The molecule has 0 bridgehead atoms. The Hall–Kier alpha value is -0.610. The van der Waals surface area contributed by atoms with Crippen LogP contribution in [0.15, 0.2) is 0 Å². The first-order valence-electron chi connectivity index (χ1n) is 6.74. The summed E-state index contributed by atoms with van der Waals surface area (Å²) in [6.07, 6.45) is 0.939. The molecule has 4 heteroatoms. The standard InChI is InChI=1S/C13H29N3O/c1-6-15(7-2)13(17)12(5)16(11(3)4)10-8-9-14/h11-12H,6-10,14H2,1-5H3. The van der Waals surface area contributed by atoms with Crippen molar-refractivity contribution in [2.24, 2.45) is 5.73 Å². The third kappa shape index (κ3) is 5.04. The van der Waals surface area contributed by atoms with Gasteiger partial charge < -0.3 is 10.6 Å². The Morgan fingerprint density at radius 3 is 2.06 bits per heavy atom. The number of amides is 1. The summed E-state index contributed by atoms with van der Waals surface area (Å²) >= 11 is 0. The van der Waals surface area contributed by atoms with Gasteiger partial charge in [-0.2, -0.15) is 0 Å². The van der Waals surface area contributed by atoms with Crippen molar-refractivity contribution in [2.45, 2.75) is 53.1 Å². The van der Waals surface area contributed by atoms with E-state index in [4.69, 9.17) is 5.73 Å². The van der Waals surface area contributed by atoms with Gasteiger partial charge in [0.05, 0.1) is 6.04 Å². The summed E-state index contributed by atoms with van der Waals surface area (Å²) in [6.45, 7) is 13.4. The van der Waals surface area contributed by atoms with E-state index >= 15 is 0 Å². The number of nitrogens with two attached hydrogens (primary N) is 1. The minimum atomic E-state index is -0.0542. The van der Waals surface area contributed by atoms with E-state index < -0.39 is 0 Å². The van der Waals surface area contributed by atoms with Gasteiger partial charge in [-0.05, 0) is 47.6 Å². The van der Waals surface area contributed by atoms with E-state index in [9.17, 15) is 4.79 Å². The Morgan fingerprint density at radius 1 is 1.18 bits per heavy atom. The number of nitrogens with zero attached hydrogens (tertiary/aromatic N) is 2. The Bertz CT molecular complexity index is 215. The van der Waals surface area contributed by atoms with Crippen LogP contribution in [0.2, 0.25) is 0 Å². The lowest BCUT2D eigenvalue weighted by Crippen LogP contribution is -2.50. The van der Waals surface area contributed by atoms with Crippen LogP contribution in [-0.2, 0) is 4.79 Å². The molecule has 0 radical (unpaired) electrons. The van der Waals surface area contributed by atoms with Crippen molar-refractivity contribution < 1.29 is 4.79 Å². The Kier molecular flexibility index (Phi) is 8.17. The summed E-state index contributed by atoms with van der Waals surface area (Å²) in [5.41, 5.74) is 5.54. The number of carbonyl (C=O) groups is 1. The first kappa shape index (κ1) is 16.4. The van der Waals surface area contributed by atoms with Crippen LogP contribution in [0.5, 0.6) is 0 Å². The van der Waals surface area contributed by atoms with Gasteiger partial charge in [-0.1, -0.05) is 0 Å². The van der Waals surface area contributed by atoms with Gasteiger partial charge in [-0.15, -0.1) is 0 Å². The molecule has 2 N–H and O–H groups in total. The lowest BCUT2D eigenvalue weighted by molar-refractivity contribution is -0.136. The van der Waals surface area contributed by atoms with E-state index in [-0.39, 0.29) is 11.9 Å². The molecule has 0 heterocycles. The van der Waals surface area contributed by atoms with Crippen molar-refractivity contribution in [3.63, 3.8) is 0 Å². The van der Waals surface area contributed by atoms with Gasteiger partial charge in [0, 0.05) is 25.7 Å². The molecule has 0 saturated heterocycles. The summed E-state index contributed by atoms with van der Waals surface area (Å²) in [5, 5.41) is 0. The number of hydrogen-bond donors (Lipinski definition) is 1. The van der Waals surface area contributed by atoms with Crippen LogP contribution >= 0.6 is 0 Å². The van der Waals surface area contributed by atoms with Gasteiger partial charge in [-0.25, -0.2) is 0 Å². The minimum Gasteiger partial charge on any atom is -0.342 e. The normalized spacial score (nSPS) is 13.2. The third-order valence-corrected chi connectivity index (χ3v) is 3.21. The van der Waals surface area contributed by atoms with Crippen LogP contribution in [-0.4, -0.2) is 54.0 Å². The summed E-state index contributed by atoms with van der Waals surface area (Å²) in [7, 11) is 0. The van der Waals surface area contributed by atoms with Crippen molar-refractivity contribution in [3.05, 3.63) is 0 Å². The SMILES string of the molecule is CCN(CC)C(=O)C(C)N(CCCN)C(C)C. The predicted molar refractivity (Wildman–Crippen MR) is 72.9 cm³/mol. The Morgan fingerprint density at radius 2 is 1.71 bits per heavy atom. The van der Waals surface area contributed by atoms with E-state index in [1.807, 2.05) is 25.7 Å². The van der Waals surface area contributed by atoms with E-state index in [1.54, 1.807) is 0 Å². The molecule has 0 aromatic carbocycles. The molecule has 0 aliphatic rings. The Labute approximate surface area is 106 Å². The van der Waals surface area contributed by atoms with Crippen molar-refractivity contribution in [1.29, 1.82) is 0 Å². The van der Waals surface area contributed by atoms with Gasteiger partial charge in [0.15, 0.2) is 0 Å². The van der Waals surface area contributed by atoms with Crippen LogP contribution in [0.3, 0.4) is 0 Å². The van der Waals surface area contributed by atoms with Crippen LogP contribution in [0, 0.1) is 0 Å². The van der Waals surface area contributed by atoms with Crippen molar-refractivity contribution in [2.75, 3.05) is 26.2 Å². The summed E-state index contributed by atoms with van der Waals surface area (Å²) in [6, 6.07) is 0.317. The Balaban J connectivity index is 4.58. The van der Waals surface area contributed by atoms with Crippen LogP contribution in [0.4, 0.5) is 0 Å². The van der Waals surface area contributed by atoms with Crippen LogP contribution in [0.25, 0.3) is 0 Å². The third-order valence-electron chi connectivity index (χ3n) is 3.21. The highest BCUT2D eigenvalue weighted by molar-refractivity contribution is 5.81. The van der Waals surface area contributed by atoms with Gasteiger partial charge >= 0.3 is 0 Å². The molecule has 0 fully saturated rings. The van der Waals surface area contributed by atoms with E-state index in [2.05, 4.69) is 18.7 Å². The summed E-state index contributed by atoms with van der Waals surface area (Å²) in [4.78, 5) is 16.4. The summed E-state index contributed by atoms with van der Waals surface area (Å²) < 4.78 is 0. The van der Waals surface area contributed by atoms with Crippen LogP contribution < -0.4 is 5.73 Å². The summed E-state index contributed by atoms with van der Waals surface area (Å²) in [5.74, 6) is 0.223. The quantitative estimate of drug-likeness (QED) is 0.699. The fraction of sp³-hybridized carbons (Fsp3) is 0.923. The van der Waals surface area contributed by atoms with E-state index in [1.165, 1.54) is 0 Å². The molecule has 102 valence electrons. The first-order valence-corrected chi connectivity index (χ1v) is 6.74. The highest BCUT2D eigenvalue weighted by Crippen LogP contribution is 2.09. The van der Waals surface area contributed by atoms with Crippen LogP contribution in [0.1, 0.15) is 41.0 Å². The average Bonchev–Trinajstić information content (AvgIpc) is 2.30. The minimum absolute atomic E-state index is 0.0542. The molecule has 1 atom stereocenters. The first-order chi connectivity index (χ1) is 7.99. The highest BCUT2D eigenvalue weighted by Gasteiger charge is 2.25. The molecule has 17 heavy (non-hydrogen) atoms. The van der Waals surface area contributed by atoms with Crippen molar-refractivity contribution in [3.8, 4) is 0 Å². The predicted octanol–water partition coefficient (Wildman–Crippen LogP) is 1.30. The molecule has 0 aliphatic carbocycles. The fourth-order valence-electron chi connectivity index (χ4n) is 2.11. The zero-order valence-corrected chi connectivity index (χ0v) is 12.1. The maximum Gasteiger partial charge on any atom is 0.239 e. The van der Waals surface area contributed by atoms with Gasteiger partial charge in [0.25, 0.3) is 0 Å². The smallest absolute Gasteiger partial charge is 0.239 e. The zero-order chi connectivity index (χ0) is 13.4. The maximum atomic E-state index is 12.3. The van der Waals surface area contributed by atoms with Gasteiger partial charge in [0.1, 0.15) is 0 Å². The molecular weight excluding hydrogens is 214 g/mol. The van der Waals surface area contributed by atoms with Crippen molar-refractivity contribution >= 4 is 5.91 Å². The lowest BCUT2D eigenvalue weighted by Gasteiger charge is -2.34. The van der Waals surface area contributed by atoms with E-state index in [0.717, 1.165) is 26.1 Å². The van der Waals surface area contributed by atoms with Gasteiger partial charge in [-0.3, -0.25) is 9.69 Å². The fourth-order valence-corrected chi connectivity index (χ4v) is 2.11. The maximum absolute atomic E-state index is 12.3. The molecule has 4 nitrogen and oxygen atoms in total. The second-order valence-electron chi connectivity index (χ2n) is 4.66. The molecule has 0 aromatic rings. The molecule has 0 aliphatic heterocycles. The topological polar surface area (TPSA) is 49.6 Å². The second-order valence-corrected chi connectivity index (χ2v) is 4.66.